The van der Waals surface area contributed by atoms with E-state index in [0.717, 1.165) is 30.0 Å². The first-order valence-corrected chi connectivity index (χ1v) is 9.39. The SMILES string of the molecule is CCOC1CCCC/C1=N\n1c(-c2ccccc2)cc(C(F)(F)F)c(C#N)c1=O. The molecule has 1 saturated carbocycles. The van der Waals surface area contributed by atoms with Crippen LogP contribution in [0.15, 0.2) is 46.3 Å². The molecule has 0 radical (unpaired) electrons. The van der Waals surface area contributed by atoms with E-state index in [1.165, 1.54) is 6.07 Å². The van der Waals surface area contributed by atoms with Gasteiger partial charge in [0.25, 0.3) is 5.56 Å². The summed E-state index contributed by atoms with van der Waals surface area (Å²) in [5.74, 6) is 0. The average molecular weight is 403 g/mol. The lowest BCUT2D eigenvalue weighted by Crippen LogP contribution is -2.32. The van der Waals surface area contributed by atoms with Crippen molar-refractivity contribution in [3.8, 4) is 17.3 Å². The summed E-state index contributed by atoms with van der Waals surface area (Å²) in [5, 5.41) is 13.7. The predicted molar refractivity (Wildman–Crippen MR) is 103 cm³/mol. The van der Waals surface area contributed by atoms with Gasteiger partial charge in [-0.1, -0.05) is 36.8 Å². The molecule has 1 aliphatic carbocycles. The molecule has 8 heteroatoms. The van der Waals surface area contributed by atoms with E-state index < -0.39 is 22.9 Å². The van der Waals surface area contributed by atoms with Crippen LogP contribution in [0, 0.1) is 11.3 Å². The predicted octanol–water partition coefficient (Wildman–Crippen LogP) is 4.59. The number of ether oxygens (including phenoxy) is 1. The summed E-state index contributed by atoms with van der Waals surface area (Å²) in [6, 6.07) is 10.5. The summed E-state index contributed by atoms with van der Waals surface area (Å²) < 4.78 is 47.1. The number of alkyl halides is 3. The van der Waals surface area contributed by atoms with E-state index in [-0.39, 0.29) is 11.8 Å². The Labute approximate surface area is 166 Å². The van der Waals surface area contributed by atoms with Gasteiger partial charge in [0.05, 0.1) is 23.1 Å². The molecule has 152 valence electrons. The maximum atomic E-state index is 13.5. The minimum atomic E-state index is -4.83. The number of hydrogen-bond acceptors (Lipinski definition) is 4. The molecule has 1 heterocycles. The molecule has 1 aromatic heterocycles. The van der Waals surface area contributed by atoms with Crippen molar-refractivity contribution in [3.05, 3.63) is 57.9 Å². The molecule has 0 saturated heterocycles. The quantitative estimate of drug-likeness (QED) is 0.750. The molecular weight excluding hydrogens is 383 g/mol. The molecule has 0 bridgehead atoms. The monoisotopic (exact) mass is 403 g/mol. The van der Waals surface area contributed by atoms with Gasteiger partial charge in [-0.25, -0.2) is 0 Å². The molecule has 2 aromatic rings. The fraction of sp³-hybridized carbons (Fsp3) is 0.381. The third kappa shape index (κ3) is 4.40. The zero-order chi connectivity index (χ0) is 21.0. The fourth-order valence-corrected chi connectivity index (χ4v) is 3.43. The van der Waals surface area contributed by atoms with Crippen molar-refractivity contribution in [2.24, 2.45) is 5.10 Å². The summed E-state index contributed by atoms with van der Waals surface area (Å²) in [7, 11) is 0. The van der Waals surface area contributed by atoms with Crippen molar-refractivity contribution < 1.29 is 17.9 Å². The molecule has 1 fully saturated rings. The van der Waals surface area contributed by atoms with Gasteiger partial charge >= 0.3 is 6.18 Å². The van der Waals surface area contributed by atoms with Crippen LogP contribution in [0.2, 0.25) is 0 Å². The maximum absolute atomic E-state index is 13.5. The van der Waals surface area contributed by atoms with Gasteiger partial charge in [-0.05, 0) is 32.3 Å². The van der Waals surface area contributed by atoms with Gasteiger partial charge in [-0.15, -0.1) is 0 Å². The molecule has 1 aliphatic rings. The van der Waals surface area contributed by atoms with Crippen LogP contribution in [0.3, 0.4) is 0 Å². The summed E-state index contributed by atoms with van der Waals surface area (Å²) in [5.41, 5.74) is -2.34. The number of halogens is 3. The van der Waals surface area contributed by atoms with Gasteiger partial charge < -0.3 is 4.74 Å². The maximum Gasteiger partial charge on any atom is 0.417 e. The zero-order valence-electron chi connectivity index (χ0n) is 15.9. The molecule has 0 aliphatic heterocycles. The zero-order valence-corrected chi connectivity index (χ0v) is 15.9. The van der Waals surface area contributed by atoms with Crippen molar-refractivity contribution in [3.63, 3.8) is 0 Å². The summed E-state index contributed by atoms with van der Waals surface area (Å²) >= 11 is 0. The van der Waals surface area contributed by atoms with E-state index in [1.54, 1.807) is 30.3 Å². The highest BCUT2D eigenvalue weighted by molar-refractivity contribution is 5.89. The number of benzene rings is 1. The molecule has 5 nitrogen and oxygen atoms in total. The summed E-state index contributed by atoms with van der Waals surface area (Å²) in [6.07, 6.45) is -2.03. The number of rotatable bonds is 4. The number of aromatic nitrogens is 1. The second-order valence-corrected chi connectivity index (χ2v) is 6.69. The van der Waals surface area contributed by atoms with E-state index in [9.17, 15) is 23.2 Å². The van der Waals surface area contributed by atoms with Gasteiger partial charge in [-0.2, -0.15) is 28.2 Å². The Hall–Kier alpha value is -2.92. The van der Waals surface area contributed by atoms with Crippen LogP contribution in [0.4, 0.5) is 13.2 Å². The van der Waals surface area contributed by atoms with E-state index in [2.05, 4.69) is 5.10 Å². The lowest BCUT2D eigenvalue weighted by atomic mass is 9.95. The van der Waals surface area contributed by atoms with E-state index in [1.807, 2.05) is 6.92 Å². The Kier molecular flexibility index (Phi) is 6.18. The highest BCUT2D eigenvalue weighted by Crippen LogP contribution is 2.33. The fourth-order valence-electron chi connectivity index (χ4n) is 3.43. The van der Waals surface area contributed by atoms with Gasteiger partial charge in [0.2, 0.25) is 0 Å². The van der Waals surface area contributed by atoms with Crippen molar-refractivity contribution in [1.82, 2.24) is 4.68 Å². The number of hydrogen-bond donors (Lipinski definition) is 0. The number of pyridine rings is 1. The van der Waals surface area contributed by atoms with Crippen LogP contribution < -0.4 is 5.56 Å². The molecule has 3 rings (SSSR count). The minimum Gasteiger partial charge on any atom is -0.372 e. The average Bonchev–Trinajstić information content (AvgIpc) is 2.70. The minimum absolute atomic E-state index is 0.0183. The smallest absolute Gasteiger partial charge is 0.372 e. The molecule has 0 amide bonds. The molecular formula is C21H20F3N3O2. The normalized spacial score (nSPS) is 18.6. The first-order valence-electron chi connectivity index (χ1n) is 9.39. The van der Waals surface area contributed by atoms with Crippen LogP contribution in [0.25, 0.3) is 11.3 Å². The number of nitriles is 1. The van der Waals surface area contributed by atoms with Crippen molar-refractivity contribution in [1.29, 1.82) is 5.26 Å². The van der Waals surface area contributed by atoms with Crippen LogP contribution in [-0.4, -0.2) is 23.1 Å². The van der Waals surface area contributed by atoms with E-state index in [4.69, 9.17) is 4.74 Å². The van der Waals surface area contributed by atoms with Crippen LogP contribution in [0.5, 0.6) is 0 Å². The highest BCUT2D eigenvalue weighted by atomic mass is 19.4. The van der Waals surface area contributed by atoms with Crippen LogP contribution in [0.1, 0.15) is 43.7 Å². The topological polar surface area (TPSA) is 67.4 Å². The van der Waals surface area contributed by atoms with E-state index >= 15 is 0 Å². The highest BCUT2D eigenvalue weighted by Gasteiger charge is 2.37. The Balaban J connectivity index is 2.29. The number of nitrogens with zero attached hydrogens (tertiary/aromatic N) is 3. The summed E-state index contributed by atoms with van der Waals surface area (Å²) in [6.45, 7) is 2.31. The molecule has 1 aromatic carbocycles. The molecule has 1 atom stereocenters. The molecule has 0 spiro atoms. The Bertz CT molecular complexity index is 1000. The van der Waals surface area contributed by atoms with Crippen molar-refractivity contribution >= 4 is 5.71 Å². The Morgan fingerprint density at radius 3 is 2.62 bits per heavy atom. The van der Waals surface area contributed by atoms with Crippen molar-refractivity contribution in [2.75, 3.05) is 6.61 Å². The first kappa shape index (κ1) is 20.8. The third-order valence-electron chi connectivity index (χ3n) is 4.79. The second-order valence-electron chi connectivity index (χ2n) is 6.69. The Morgan fingerprint density at radius 1 is 1.28 bits per heavy atom. The largest absolute Gasteiger partial charge is 0.417 e. The Morgan fingerprint density at radius 2 is 2.00 bits per heavy atom. The molecule has 1 unspecified atom stereocenters. The van der Waals surface area contributed by atoms with Crippen LogP contribution >= 0.6 is 0 Å². The second kappa shape index (κ2) is 8.62. The van der Waals surface area contributed by atoms with Gasteiger partial charge in [0.1, 0.15) is 11.6 Å². The first-order chi connectivity index (χ1) is 13.9. The third-order valence-corrected chi connectivity index (χ3v) is 4.79. The van der Waals surface area contributed by atoms with Crippen LogP contribution in [-0.2, 0) is 10.9 Å². The summed E-state index contributed by atoms with van der Waals surface area (Å²) in [4.78, 5) is 12.9. The van der Waals surface area contributed by atoms with Gasteiger partial charge in [0.15, 0.2) is 0 Å². The van der Waals surface area contributed by atoms with Crippen molar-refractivity contribution in [2.45, 2.75) is 44.9 Å². The van der Waals surface area contributed by atoms with Gasteiger partial charge in [-0.3, -0.25) is 4.79 Å². The molecule has 0 N–H and O–H groups in total. The van der Waals surface area contributed by atoms with E-state index in [0.29, 0.717) is 24.3 Å². The molecule has 29 heavy (non-hydrogen) atoms. The van der Waals surface area contributed by atoms with Gasteiger partial charge in [0, 0.05) is 12.2 Å². The lowest BCUT2D eigenvalue weighted by Gasteiger charge is -2.24. The standard InChI is InChI=1S/C21H20F3N3O2/c1-2-29-19-11-7-6-10-17(19)26-27-18(14-8-4-3-5-9-14)12-16(21(22,23)24)15(13-25)20(27)28/h3-5,8-9,12,19H,2,6-7,10-11H2,1H3/b26-17+. The lowest BCUT2D eigenvalue weighted by molar-refractivity contribution is -0.137.